The summed E-state index contributed by atoms with van der Waals surface area (Å²) in [7, 11) is 1.76. The average molecular weight is 482 g/mol. The first-order chi connectivity index (χ1) is 12.7. The van der Waals surface area contributed by atoms with E-state index in [2.05, 4.69) is 44.8 Å². The average Bonchev–Trinajstić information content (AvgIpc) is 3.14. The van der Waals surface area contributed by atoms with Crippen LogP contribution in [0.15, 0.2) is 53.5 Å². The number of nitrogens with zero attached hydrogens (tertiary/aromatic N) is 2. The summed E-state index contributed by atoms with van der Waals surface area (Å²) in [6.07, 6.45) is 1.17. The molecule has 1 unspecified atom stereocenters. The Morgan fingerprint density at radius 2 is 1.96 bits per heavy atom. The zero-order valence-electron chi connectivity index (χ0n) is 15.9. The van der Waals surface area contributed by atoms with Gasteiger partial charge in [-0.25, -0.2) is 4.39 Å². The van der Waals surface area contributed by atoms with Gasteiger partial charge in [0.25, 0.3) is 0 Å². The van der Waals surface area contributed by atoms with E-state index >= 15 is 0 Å². The van der Waals surface area contributed by atoms with Crippen molar-refractivity contribution in [1.82, 2.24) is 10.6 Å². The molecule has 1 heterocycles. The van der Waals surface area contributed by atoms with Gasteiger partial charge in [-0.3, -0.25) is 4.99 Å². The molecule has 0 saturated carbocycles. The molecular weight excluding hydrogens is 454 g/mol. The minimum Gasteiger partial charge on any atom is -0.371 e. The fourth-order valence-corrected chi connectivity index (χ4v) is 3.27. The minimum atomic E-state index is -0.167. The summed E-state index contributed by atoms with van der Waals surface area (Å²) in [4.78, 5) is 6.70. The number of guanidine groups is 1. The zero-order valence-corrected chi connectivity index (χ0v) is 18.2. The van der Waals surface area contributed by atoms with Gasteiger partial charge in [-0.15, -0.1) is 24.0 Å². The van der Waals surface area contributed by atoms with Gasteiger partial charge in [-0.2, -0.15) is 0 Å². The molecule has 0 radical (unpaired) electrons. The molecule has 1 saturated heterocycles. The summed E-state index contributed by atoms with van der Waals surface area (Å²) in [6.45, 7) is 5.35. The van der Waals surface area contributed by atoms with E-state index in [9.17, 15) is 4.39 Å². The Hall–Kier alpha value is -1.83. The molecule has 6 heteroatoms. The number of nitrogens with one attached hydrogen (secondary N) is 2. The predicted molar refractivity (Wildman–Crippen MR) is 122 cm³/mol. The fraction of sp³-hybridized carbons (Fsp3) is 0.381. The molecule has 2 aromatic rings. The van der Waals surface area contributed by atoms with Crippen LogP contribution in [-0.2, 0) is 6.54 Å². The second-order valence-corrected chi connectivity index (χ2v) is 6.83. The second kappa shape index (κ2) is 10.5. The van der Waals surface area contributed by atoms with Gasteiger partial charge < -0.3 is 15.5 Å². The number of hydrogen-bond acceptors (Lipinski definition) is 2. The highest BCUT2D eigenvalue weighted by atomic mass is 127. The van der Waals surface area contributed by atoms with Crippen molar-refractivity contribution in [2.24, 2.45) is 10.9 Å². The van der Waals surface area contributed by atoms with Gasteiger partial charge in [0.2, 0.25) is 0 Å². The van der Waals surface area contributed by atoms with E-state index in [4.69, 9.17) is 0 Å². The van der Waals surface area contributed by atoms with Crippen LogP contribution in [0, 0.1) is 18.7 Å². The second-order valence-electron chi connectivity index (χ2n) is 6.83. The summed E-state index contributed by atoms with van der Waals surface area (Å²) in [5.41, 5.74) is 2.87. The lowest BCUT2D eigenvalue weighted by Crippen LogP contribution is -2.40. The molecule has 0 amide bonds. The van der Waals surface area contributed by atoms with Crippen LogP contribution in [0.25, 0.3) is 0 Å². The quantitative estimate of drug-likeness (QED) is 0.386. The normalized spacial score (nSPS) is 16.8. The van der Waals surface area contributed by atoms with Crippen molar-refractivity contribution < 1.29 is 4.39 Å². The van der Waals surface area contributed by atoms with Crippen LogP contribution in [-0.4, -0.2) is 32.6 Å². The standard InChI is InChI=1S/C21H27FN4.HI/c1-16-8-9-17(12-20(16)22)13-24-21(23-2)25-14-18-10-11-26(15-18)19-6-4-3-5-7-19;/h3-9,12,18H,10-11,13-15H2,1-2H3,(H2,23,24,25);1H. The molecule has 1 fully saturated rings. The number of para-hydroxylation sites is 1. The van der Waals surface area contributed by atoms with Crippen molar-refractivity contribution in [3.05, 3.63) is 65.5 Å². The van der Waals surface area contributed by atoms with E-state index in [0.29, 0.717) is 18.0 Å². The third-order valence-electron chi connectivity index (χ3n) is 4.89. The minimum absolute atomic E-state index is 0. The highest BCUT2D eigenvalue weighted by molar-refractivity contribution is 14.0. The summed E-state index contributed by atoms with van der Waals surface area (Å²) in [6, 6.07) is 15.9. The van der Waals surface area contributed by atoms with Crippen LogP contribution in [0.4, 0.5) is 10.1 Å². The van der Waals surface area contributed by atoms with Crippen LogP contribution in [0.5, 0.6) is 0 Å². The molecule has 0 bridgehead atoms. The van der Waals surface area contributed by atoms with Crippen LogP contribution >= 0.6 is 24.0 Å². The van der Waals surface area contributed by atoms with E-state index < -0.39 is 0 Å². The number of anilines is 1. The van der Waals surface area contributed by atoms with Gasteiger partial charge in [0.1, 0.15) is 5.82 Å². The van der Waals surface area contributed by atoms with Crippen LogP contribution in [0.1, 0.15) is 17.5 Å². The highest BCUT2D eigenvalue weighted by Gasteiger charge is 2.22. The van der Waals surface area contributed by atoms with Crippen LogP contribution in [0.3, 0.4) is 0 Å². The van der Waals surface area contributed by atoms with Crippen molar-refractivity contribution in [1.29, 1.82) is 0 Å². The molecule has 0 aromatic heterocycles. The molecule has 1 aliphatic rings. The molecule has 3 rings (SSSR count). The number of hydrogen-bond donors (Lipinski definition) is 2. The SMILES string of the molecule is CN=C(NCc1ccc(C)c(F)c1)NCC1CCN(c2ccccc2)C1.I. The summed E-state index contributed by atoms with van der Waals surface area (Å²) in [5.74, 6) is 1.17. The molecular formula is C21H28FIN4. The molecule has 2 N–H and O–H groups in total. The topological polar surface area (TPSA) is 39.7 Å². The number of halogens is 2. The predicted octanol–water partition coefficient (Wildman–Crippen LogP) is 3.94. The largest absolute Gasteiger partial charge is 0.371 e. The number of aryl methyl sites for hydroxylation is 1. The monoisotopic (exact) mass is 482 g/mol. The van der Waals surface area contributed by atoms with Gasteiger partial charge in [0, 0.05) is 38.9 Å². The first-order valence-corrected chi connectivity index (χ1v) is 9.15. The lowest BCUT2D eigenvalue weighted by Gasteiger charge is -2.19. The van der Waals surface area contributed by atoms with Gasteiger partial charge >= 0.3 is 0 Å². The Morgan fingerprint density at radius 3 is 2.67 bits per heavy atom. The zero-order chi connectivity index (χ0) is 18.4. The third-order valence-corrected chi connectivity index (χ3v) is 4.89. The van der Waals surface area contributed by atoms with Crippen molar-refractivity contribution in [3.8, 4) is 0 Å². The molecule has 0 spiro atoms. The number of benzene rings is 2. The van der Waals surface area contributed by atoms with Crippen LogP contribution in [0.2, 0.25) is 0 Å². The van der Waals surface area contributed by atoms with Crippen molar-refractivity contribution in [3.63, 3.8) is 0 Å². The van der Waals surface area contributed by atoms with Crippen molar-refractivity contribution in [2.45, 2.75) is 19.9 Å². The Bertz CT molecular complexity index is 751. The van der Waals surface area contributed by atoms with Gasteiger partial charge in [0.15, 0.2) is 5.96 Å². The van der Waals surface area contributed by atoms with Crippen molar-refractivity contribution in [2.75, 3.05) is 31.6 Å². The Labute approximate surface area is 178 Å². The maximum Gasteiger partial charge on any atom is 0.191 e. The third kappa shape index (κ3) is 6.09. The Balaban J connectivity index is 0.00000261. The molecule has 1 atom stereocenters. The Morgan fingerprint density at radius 1 is 1.19 bits per heavy atom. The van der Waals surface area contributed by atoms with Gasteiger partial charge in [-0.1, -0.05) is 30.3 Å². The van der Waals surface area contributed by atoms with Gasteiger partial charge in [0.05, 0.1) is 0 Å². The van der Waals surface area contributed by atoms with E-state index in [1.165, 1.54) is 12.1 Å². The lowest BCUT2D eigenvalue weighted by molar-refractivity contribution is 0.565. The lowest BCUT2D eigenvalue weighted by atomic mass is 10.1. The first kappa shape index (κ1) is 21.5. The smallest absolute Gasteiger partial charge is 0.191 e. The molecule has 2 aromatic carbocycles. The molecule has 0 aliphatic carbocycles. The van der Waals surface area contributed by atoms with E-state index in [0.717, 1.165) is 31.2 Å². The number of rotatable bonds is 5. The molecule has 146 valence electrons. The fourth-order valence-electron chi connectivity index (χ4n) is 3.27. The first-order valence-electron chi connectivity index (χ1n) is 9.15. The van der Waals surface area contributed by atoms with Gasteiger partial charge in [-0.05, 0) is 48.6 Å². The summed E-state index contributed by atoms with van der Waals surface area (Å²) < 4.78 is 13.6. The number of aliphatic imine (C=N–C) groups is 1. The van der Waals surface area contributed by atoms with E-state index in [-0.39, 0.29) is 29.8 Å². The Kier molecular flexibility index (Phi) is 8.34. The van der Waals surface area contributed by atoms with Crippen molar-refractivity contribution >= 4 is 35.6 Å². The molecule has 4 nitrogen and oxygen atoms in total. The maximum atomic E-state index is 13.6. The molecule has 27 heavy (non-hydrogen) atoms. The summed E-state index contributed by atoms with van der Waals surface area (Å²) >= 11 is 0. The maximum absolute atomic E-state index is 13.6. The van der Waals surface area contributed by atoms with E-state index in [1.54, 1.807) is 26.1 Å². The summed E-state index contributed by atoms with van der Waals surface area (Å²) in [5, 5.41) is 6.66. The van der Waals surface area contributed by atoms with Crippen LogP contribution < -0.4 is 15.5 Å². The highest BCUT2D eigenvalue weighted by Crippen LogP contribution is 2.22. The van der Waals surface area contributed by atoms with E-state index in [1.807, 2.05) is 12.1 Å². The molecule has 1 aliphatic heterocycles.